The molecule has 2 aromatic heterocycles. The maximum Gasteiger partial charge on any atom is 0.345 e. The van der Waals surface area contributed by atoms with Crippen LogP contribution in [0.5, 0.6) is 0 Å². The Balaban J connectivity index is 2.20. The fraction of sp³-hybridized carbons (Fsp3) is 0.333. The Bertz CT molecular complexity index is 769. The van der Waals surface area contributed by atoms with Crippen LogP contribution in [-0.2, 0) is 16.6 Å². The smallest absolute Gasteiger partial charge is 0.345 e. The highest BCUT2D eigenvalue weighted by molar-refractivity contribution is 7.89. The summed E-state index contributed by atoms with van der Waals surface area (Å²) >= 11 is 0.920. The highest BCUT2D eigenvalue weighted by Crippen LogP contribution is 2.25. The zero-order valence-electron chi connectivity index (χ0n) is 11.6. The number of nitrogens with one attached hydrogen (secondary N) is 1. The molecule has 2 rings (SSSR count). The molecule has 114 valence electrons. The molecule has 2 heterocycles. The normalized spacial score (nSPS) is 11.8. The number of sulfonamides is 1. The largest absolute Gasteiger partial charge is 0.477 e. The van der Waals surface area contributed by atoms with Crippen LogP contribution in [-0.4, -0.2) is 24.5 Å². The zero-order chi connectivity index (χ0) is 15.8. The third-order valence-electron chi connectivity index (χ3n) is 2.86. The van der Waals surface area contributed by atoms with E-state index in [1.807, 2.05) is 0 Å². The van der Waals surface area contributed by atoms with Crippen molar-refractivity contribution in [3.05, 3.63) is 33.2 Å². The number of aryl methyl sites for hydroxylation is 3. The molecule has 0 aromatic carbocycles. The van der Waals surface area contributed by atoms with Gasteiger partial charge in [0.1, 0.15) is 10.6 Å². The van der Waals surface area contributed by atoms with E-state index >= 15 is 0 Å². The number of aromatic carboxylic acids is 1. The minimum Gasteiger partial charge on any atom is -0.477 e. The fourth-order valence-electron chi connectivity index (χ4n) is 1.69. The molecule has 0 spiro atoms. The van der Waals surface area contributed by atoms with Gasteiger partial charge in [-0.2, -0.15) is 0 Å². The minimum absolute atomic E-state index is 0.0179. The number of carboxylic acids is 1. The molecule has 0 saturated heterocycles. The summed E-state index contributed by atoms with van der Waals surface area (Å²) < 4.78 is 32.0. The topological polar surface area (TPSA) is 110 Å². The highest BCUT2D eigenvalue weighted by atomic mass is 32.2. The first-order chi connectivity index (χ1) is 9.70. The summed E-state index contributed by atoms with van der Waals surface area (Å²) in [5.41, 5.74) is 0.698. The van der Waals surface area contributed by atoms with Crippen molar-refractivity contribution in [3.63, 3.8) is 0 Å². The summed E-state index contributed by atoms with van der Waals surface area (Å²) in [6.45, 7) is 4.97. The van der Waals surface area contributed by atoms with E-state index in [1.54, 1.807) is 20.8 Å². The maximum absolute atomic E-state index is 12.2. The average molecular weight is 330 g/mol. The molecule has 0 saturated carbocycles. The molecule has 0 aliphatic heterocycles. The van der Waals surface area contributed by atoms with Crippen LogP contribution in [0.4, 0.5) is 0 Å². The molecule has 0 aliphatic rings. The Morgan fingerprint density at radius 1 is 1.43 bits per heavy atom. The number of carbonyl (C=O) groups is 1. The van der Waals surface area contributed by atoms with Crippen molar-refractivity contribution in [3.8, 4) is 0 Å². The summed E-state index contributed by atoms with van der Waals surface area (Å²) in [7, 11) is -3.81. The number of hydrogen-bond donors (Lipinski definition) is 2. The number of oxazole rings is 1. The summed E-state index contributed by atoms with van der Waals surface area (Å²) in [6.07, 6.45) is 0. The van der Waals surface area contributed by atoms with Gasteiger partial charge in [-0.05, 0) is 26.8 Å². The van der Waals surface area contributed by atoms with Crippen molar-refractivity contribution in [2.24, 2.45) is 0 Å². The number of nitrogens with zero attached hydrogens (tertiary/aromatic N) is 1. The summed E-state index contributed by atoms with van der Waals surface area (Å²) in [5, 5.41) is 8.90. The van der Waals surface area contributed by atoms with Gasteiger partial charge in [0, 0.05) is 4.88 Å². The van der Waals surface area contributed by atoms with Gasteiger partial charge in [0.05, 0.1) is 17.1 Å². The molecule has 0 unspecified atom stereocenters. The van der Waals surface area contributed by atoms with E-state index in [2.05, 4.69) is 9.71 Å². The lowest BCUT2D eigenvalue weighted by atomic mass is 10.4. The average Bonchev–Trinajstić information content (AvgIpc) is 2.92. The maximum atomic E-state index is 12.2. The van der Waals surface area contributed by atoms with E-state index in [0.717, 1.165) is 17.4 Å². The van der Waals surface area contributed by atoms with E-state index < -0.39 is 16.0 Å². The van der Waals surface area contributed by atoms with Gasteiger partial charge in [-0.1, -0.05) is 0 Å². The molecular formula is C12H14N2O5S2. The lowest BCUT2D eigenvalue weighted by Gasteiger charge is -2.03. The van der Waals surface area contributed by atoms with Crippen molar-refractivity contribution in [1.82, 2.24) is 9.71 Å². The van der Waals surface area contributed by atoms with Crippen LogP contribution in [0.1, 0.15) is 31.9 Å². The van der Waals surface area contributed by atoms with Crippen LogP contribution >= 0.6 is 11.3 Å². The van der Waals surface area contributed by atoms with Crippen molar-refractivity contribution in [1.29, 1.82) is 0 Å². The van der Waals surface area contributed by atoms with Gasteiger partial charge in [-0.15, -0.1) is 11.3 Å². The van der Waals surface area contributed by atoms with Gasteiger partial charge in [0.15, 0.2) is 0 Å². The molecule has 0 radical (unpaired) electrons. The lowest BCUT2D eigenvalue weighted by molar-refractivity contribution is 0.0702. The van der Waals surface area contributed by atoms with E-state index in [9.17, 15) is 13.2 Å². The monoisotopic (exact) mass is 330 g/mol. The molecule has 0 bridgehead atoms. The minimum atomic E-state index is -3.81. The van der Waals surface area contributed by atoms with Gasteiger partial charge in [0.25, 0.3) is 0 Å². The number of thiophene rings is 1. The van der Waals surface area contributed by atoms with E-state index in [-0.39, 0.29) is 22.2 Å². The first-order valence-electron chi connectivity index (χ1n) is 5.97. The Morgan fingerprint density at radius 3 is 2.57 bits per heavy atom. The molecule has 21 heavy (non-hydrogen) atoms. The number of aromatic nitrogens is 1. The molecule has 0 fully saturated rings. The first-order valence-corrected chi connectivity index (χ1v) is 8.27. The van der Waals surface area contributed by atoms with Gasteiger partial charge >= 0.3 is 5.97 Å². The van der Waals surface area contributed by atoms with E-state index in [0.29, 0.717) is 16.3 Å². The standard InChI is InChI=1S/C12H14N2O5S2/c1-6-7(2)19-11(14-6)5-13-21(17,18)10-4-9(12(15)16)20-8(10)3/h4,13H,5H2,1-3H3,(H,15,16). The quantitative estimate of drug-likeness (QED) is 0.865. The number of hydrogen-bond acceptors (Lipinski definition) is 6. The van der Waals surface area contributed by atoms with Gasteiger partial charge < -0.3 is 9.52 Å². The van der Waals surface area contributed by atoms with Crippen molar-refractivity contribution >= 4 is 27.3 Å². The Morgan fingerprint density at radius 2 is 2.10 bits per heavy atom. The van der Waals surface area contributed by atoms with Gasteiger partial charge in [-0.25, -0.2) is 22.9 Å². The second kappa shape index (κ2) is 5.58. The molecule has 2 N–H and O–H groups in total. The molecule has 0 atom stereocenters. The van der Waals surface area contributed by atoms with Crippen LogP contribution in [0.25, 0.3) is 0 Å². The third kappa shape index (κ3) is 3.31. The third-order valence-corrected chi connectivity index (χ3v) is 5.55. The summed E-state index contributed by atoms with van der Waals surface area (Å²) in [4.78, 5) is 15.3. The zero-order valence-corrected chi connectivity index (χ0v) is 13.3. The first kappa shape index (κ1) is 15.7. The van der Waals surface area contributed by atoms with E-state index in [4.69, 9.17) is 9.52 Å². The predicted octanol–water partition coefficient (Wildman–Crippen LogP) is 1.84. The van der Waals surface area contributed by atoms with Crippen molar-refractivity contribution < 1.29 is 22.7 Å². The predicted molar refractivity (Wildman–Crippen MR) is 76.0 cm³/mol. The molecular weight excluding hydrogens is 316 g/mol. The molecule has 0 amide bonds. The highest BCUT2D eigenvalue weighted by Gasteiger charge is 2.22. The van der Waals surface area contributed by atoms with Gasteiger partial charge in [-0.3, -0.25) is 0 Å². The van der Waals surface area contributed by atoms with Crippen LogP contribution in [0.15, 0.2) is 15.4 Å². The SMILES string of the molecule is Cc1nc(CNS(=O)(=O)c2cc(C(=O)O)sc2C)oc1C. The molecule has 0 aliphatic carbocycles. The number of rotatable bonds is 5. The second-order valence-corrected chi connectivity index (χ2v) is 7.40. The Hall–Kier alpha value is -1.71. The number of carboxylic acid groups (broad SMARTS) is 1. The fourth-order valence-corrected chi connectivity index (χ4v) is 4.09. The van der Waals surface area contributed by atoms with E-state index in [1.165, 1.54) is 0 Å². The Labute approximate surface area is 125 Å². The van der Waals surface area contributed by atoms with Crippen molar-refractivity contribution in [2.45, 2.75) is 32.2 Å². The van der Waals surface area contributed by atoms with Crippen LogP contribution in [0.3, 0.4) is 0 Å². The lowest BCUT2D eigenvalue weighted by Crippen LogP contribution is -2.23. The van der Waals surface area contributed by atoms with Gasteiger partial charge in [0.2, 0.25) is 15.9 Å². The Kier molecular flexibility index (Phi) is 4.17. The molecule has 9 heteroatoms. The molecule has 7 nitrogen and oxygen atoms in total. The van der Waals surface area contributed by atoms with Crippen LogP contribution in [0.2, 0.25) is 0 Å². The summed E-state index contributed by atoms with van der Waals surface area (Å²) in [6, 6.07) is 1.15. The van der Waals surface area contributed by atoms with Crippen LogP contribution < -0.4 is 4.72 Å². The second-order valence-electron chi connectivity index (χ2n) is 4.41. The summed E-state index contributed by atoms with van der Waals surface area (Å²) in [5.74, 6) is -0.257. The van der Waals surface area contributed by atoms with Crippen molar-refractivity contribution in [2.75, 3.05) is 0 Å². The molecule has 2 aromatic rings. The van der Waals surface area contributed by atoms with Crippen LogP contribution in [0, 0.1) is 20.8 Å².